The molecule has 5 aliphatic rings. The molecular weight excluding hydrogens is 640 g/mol. The van der Waals surface area contributed by atoms with Crippen LogP contribution in [0.3, 0.4) is 0 Å². The normalized spacial score (nSPS) is 43.6. The lowest BCUT2D eigenvalue weighted by molar-refractivity contribution is -0.155. The molecule has 0 unspecified atom stereocenters. The van der Waals surface area contributed by atoms with Crippen molar-refractivity contribution in [1.29, 1.82) is 0 Å². The fourth-order valence-electron chi connectivity index (χ4n) is 11.3. The molecule has 0 radical (unpaired) electrons. The van der Waals surface area contributed by atoms with Gasteiger partial charge in [-0.25, -0.2) is 9.59 Å². The van der Waals surface area contributed by atoms with E-state index in [0.717, 1.165) is 36.8 Å². The Morgan fingerprint density at radius 1 is 0.900 bits per heavy atom. The molecule has 0 bridgehead atoms. The predicted molar refractivity (Wildman–Crippen MR) is 187 cm³/mol. The van der Waals surface area contributed by atoms with E-state index < -0.39 is 53.8 Å². The van der Waals surface area contributed by atoms with Gasteiger partial charge in [0.15, 0.2) is 6.10 Å². The molecule has 10 nitrogen and oxygen atoms in total. The monoisotopic (exact) mass is 700 g/mol. The van der Waals surface area contributed by atoms with Crippen LogP contribution >= 0.6 is 0 Å². The number of aliphatic hydroxyl groups excluding tert-OH is 6. The first-order valence-corrected chi connectivity index (χ1v) is 18.5. The number of hydrogen-bond acceptors (Lipinski definition) is 10. The van der Waals surface area contributed by atoms with Gasteiger partial charge in [-0.2, -0.15) is 0 Å². The third-order valence-electron chi connectivity index (χ3n) is 14.5. The van der Waals surface area contributed by atoms with Gasteiger partial charge in [0.2, 0.25) is 0 Å². The van der Waals surface area contributed by atoms with Gasteiger partial charge < -0.3 is 40.1 Å². The summed E-state index contributed by atoms with van der Waals surface area (Å²) in [5.74, 6) is -1.63. The lowest BCUT2D eigenvalue weighted by atomic mass is 9.46. The Hall–Kier alpha value is -2.34. The fraction of sp³-hybridized carbons (Fsp3) is 0.750. The summed E-state index contributed by atoms with van der Waals surface area (Å²) in [5.41, 5.74) is 0.134. The van der Waals surface area contributed by atoms with Crippen molar-refractivity contribution in [2.24, 2.45) is 45.3 Å². The Balaban J connectivity index is 1.32. The first-order chi connectivity index (χ1) is 23.5. The highest BCUT2D eigenvalue weighted by molar-refractivity contribution is 5.94. The summed E-state index contributed by atoms with van der Waals surface area (Å²) in [5, 5.41) is 63.8. The van der Waals surface area contributed by atoms with E-state index >= 15 is 0 Å². The highest BCUT2D eigenvalue weighted by Gasteiger charge is 2.59. The largest absolute Gasteiger partial charge is 0.458 e. The molecule has 1 saturated heterocycles. The summed E-state index contributed by atoms with van der Waals surface area (Å²) in [4.78, 5) is 26.6. The van der Waals surface area contributed by atoms with Gasteiger partial charge in [0.25, 0.3) is 0 Å². The second kappa shape index (κ2) is 14.6. The van der Waals surface area contributed by atoms with Crippen LogP contribution in [-0.2, 0) is 19.1 Å². The van der Waals surface area contributed by atoms with Crippen molar-refractivity contribution >= 4 is 11.9 Å². The Kier molecular flexibility index (Phi) is 11.3. The number of fused-ring (bicyclic) bond motifs is 2. The zero-order valence-electron chi connectivity index (χ0n) is 30.4. The van der Waals surface area contributed by atoms with Crippen molar-refractivity contribution in [1.82, 2.24) is 0 Å². The molecule has 0 aromatic heterocycles. The second-order valence-electron chi connectivity index (χ2n) is 17.0. The first-order valence-electron chi connectivity index (χ1n) is 18.5. The average molecular weight is 701 g/mol. The molecular formula is C40H60O10. The highest BCUT2D eigenvalue weighted by atomic mass is 16.6. The Labute approximate surface area is 296 Å². The van der Waals surface area contributed by atoms with Crippen LogP contribution < -0.4 is 0 Å². The number of allylic oxidation sites excluding steroid dienone is 3. The molecule has 0 spiro atoms. The van der Waals surface area contributed by atoms with E-state index in [2.05, 4.69) is 27.0 Å². The van der Waals surface area contributed by atoms with E-state index in [0.29, 0.717) is 32.1 Å². The maximum atomic E-state index is 13.7. The predicted octanol–water partition coefficient (Wildman–Crippen LogP) is 3.93. The number of hydrogen-bond donors (Lipinski definition) is 6. The molecule has 280 valence electrons. The number of cyclic esters (lactones) is 1. The summed E-state index contributed by atoms with van der Waals surface area (Å²) < 4.78 is 11.2. The molecule has 6 N–H and O–H groups in total. The van der Waals surface area contributed by atoms with Crippen molar-refractivity contribution < 1.29 is 49.7 Å². The van der Waals surface area contributed by atoms with Crippen LogP contribution in [0.2, 0.25) is 0 Å². The van der Waals surface area contributed by atoms with Crippen molar-refractivity contribution in [2.75, 3.05) is 26.4 Å². The molecule has 50 heavy (non-hydrogen) atoms. The summed E-state index contributed by atoms with van der Waals surface area (Å²) in [7, 11) is 0. The Morgan fingerprint density at radius 3 is 1.94 bits per heavy atom. The van der Waals surface area contributed by atoms with Gasteiger partial charge in [0, 0.05) is 10.8 Å². The summed E-state index contributed by atoms with van der Waals surface area (Å²) >= 11 is 0. The first kappa shape index (κ1) is 38.9. The quantitative estimate of drug-likeness (QED) is 0.111. The van der Waals surface area contributed by atoms with Crippen LogP contribution in [0, 0.1) is 45.3 Å². The number of aliphatic hydroxyl groups is 6. The lowest BCUT2D eigenvalue weighted by Crippen LogP contribution is -2.57. The third kappa shape index (κ3) is 6.47. The maximum absolute atomic E-state index is 13.7. The molecule has 4 aliphatic carbocycles. The van der Waals surface area contributed by atoms with E-state index in [1.807, 2.05) is 13.8 Å². The van der Waals surface area contributed by atoms with E-state index in [1.54, 1.807) is 6.08 Å². The zero-order chi connectivity index (χ0) is 36.8. The SMILES string of the molecule is C=C1CC[C@@H]2[C@](C)(CO)[C@H](O)CC[C@@]2(C)[C@@H]1C/C=C1/C(=O)OC[C@H]1OC(=O)/C(=C/CO)[C@@H](O)C[C@@H]1C(=C)CC[C@@H]2[C@](C)(CO)[C@H](O)CC[C@]21C. The zero-order valence-corrected chi connectivity index (χ0v) is 30.4. The van der Waals surface area contributed by atoms with E-state index in [9.17, 15) is 40.2 Å². The van der Waals surface area contributed by atoms with Crippen LogP contribution in [0.15, 0.2) is 47.6 Å². The minimum atomic E-state index is -1.30. The standard InChI is InChI=1S/C40H60O10/c1-23-7-11-31-37(3,16-13-33(45)39(31,5)21-42)27(23)10-9-26-30(20-49-35(26)47)50-36(48)25(15-18-41)29(44)19-28-24(2)8-12-32-38(28,4)17-14-34(46)40(32,6)22-43/h9,15,27-34,41-46H,1-2,7-8,10-14,16-22H2,3-6H3/b25-15+,26-9+/t27-,28-,29+,30-,31+,32+,33-,34-,37+,38+,39+,40+/m1/s1. The number of esters is 2. The van der Waals surface area contributed by atoms with E-state index in [-0.39, 0.29) is 71.9 Å². The molecule has 12 atom stereocenters. The fourth-order valence-corrected chi connectivity index (χ4v) is 11.3. The van der Waals surface area contributed by atoms with Gasteiger partial charge in [-0.05, 0) is 105 Å². The van der Waals surface area contributed by atoms with Crippen LogP contribution in [-0.4, -0.2) is 93.4 Å². The smallest absolute Gasteiger partial charge is 0.337 e. The van der Waals surface area contributed by atoms with Crippen molar-refractivity contribution in [3.63, 3.8) is 0 Å². The van der Waals surface area contributed by atoms with E-state index in [1.165, 1.54) is 6.08 Å². The Morgan fingerprint density at radius 2 is 1.42 bits per heavy atom. The Bertz CT molecular complexity index is 1400. The molecule has 0 aromatic rings. The van der Waals surface area contributed by atoms with Crippen molar-refractivity contribution in [3.05, 3.63) is 47.6 Å². The average Bonchev–Trinajstić information content (AvgIpc) is 3.42. The topological polar surface area (TPSA) is 174 Å². The van der Waals surface area contributed by atoms with E-state index in [4.69, 9.17) is 9.47 Å². The van der Waals surface area contributed by atoms with Crippen molar-refractivity contribution in [2.45, 2.75) is 116 Å². The minimum Gasteiger partial charge on any atom is -0.458 e. The molecule has 1 aliphatic heterocycles. The van der Waals surface area contributed by atoms with Gasteiger partial charge in [-0.1, -0.05) is 58.1 Å². The molecule has 1 heterocycles. The van der Waals surface area contributed by atoms with Crippen molar-refractivity contribution in [3.8, 4) is 0 Å². The van der Waals surface area contributed by atoms with Gasteiger partial charge in [0.1, 0.15) is 6.61 Å². The molecule has 4 saturated carbocycles. The maximum Gasteiger partial charge on any atom is 0.337 e. The molecule has 5 fully saturated rings. The molecule has 0 amide bonds. The summed E-state index contributed by atoms with van der Waals surface area (Å²) in [6.07, 6.45) is 5.58. The summed E-state index contributed by atoms with van der Waals surface area (Å²) in [6.45, 7) is 15.9. The van der Waals surface area contributed by atoms with Gasteiger partial charge >= 0.3 is 11.9 Å². The number of carbonyl (C=O) groups excluding carboxylic acids is 2. The van der Waals surface area contributed by atoms with Crippen LogP contribution in [0.25, 0.3) is 0 Å². The highest BCUT2D eigenvalue weighted by Crippen LogP contribution is 2.63. The second-order valence-corrected chi connectivity index (χ2v) is 17.0. The number of rotatable bonds is 10. The van der Waals surface area contributed by atoms with Gasteiger partial charge in [0.05, 0.1) is 49.3 Å². The minimum absolute atomic E-state index is 0.0214. The summed E-state index contributed by atoms with van der Waals surface area (Å²) in [6, 6.07) is 0. The van der Waals surface area contributed by atoms with Crippen LogP contribution in [0.4, 0.5) is 0 Å². The number of carbonyl (C=O) groups is 2. The van der Waals surface area contributed by atoms with Gasteiger partial charge in [-0.15, -0.1) is 0 Å². The lowest BCUT2D eigenvalue weighted by Gasteiger charge is -2.60. The molecule has 5 rings (SSSR count). The third-order valence-corrected chi connectivity index (χ3v) is 14.5. The molecule has 10 heteroatoms. The van der Waals surface area contributed by atoms with Gasteiger partial charge in [-0.3, -0.25) is 0 Å². The molecule has 0 aromatic carbocycles. The van der Waals surface area contributed by atoms with Crippen LogP contribution in [0.5, 0.6) is 0 Å². The van der Waals surface area contributed by atoms with Crippen LogP contribution in [0.1, 0.15) is 91.9 Å². The number of ether oxygens (including phenoxy) is 2.